The van der Waals surface area contributed by atoms with Gasteiger partial charge in [-0.1, -0.05) is 0 Å². The molecule has 0 aliphatic carbocycles. The number of rotatable bonds is 1. The molecule has 0 unspecified atom stereocenters. The number of nitrogens with two attached hydrogens (primary N) is 1. The number of nitrogens with zero attached hydrogens (tertiary/aromatic N) is 3. The number of hydrogen-bond acceptors (Lipinski definition) is 4. The first-order chi connectivity index (χ1) is 6.25. The fourth-order valence-electron chi connectivity index (χ4n) is 1.75. The average Bonchev–Trinajstić information content (AvgIpc) is 2.53. The Morgan fingerprint density at radius 1 is 1.46 bits per heavy atom. The molecule has 1 aliphatic rings. The Morgan fingerprint density at radius 2 is 2.15 bits per heavy atom. The molecule has 2 heterocycles. The SMILES string of the molecule is CN1CCC(c2nc(N)n[nH]2)CC1. The van der Waals surface area contributed by atoms with Gasteiger partial charge in [0.2, 0.25) is 5.95 Å². The van der Waals surface area contributed by atoms with E-state index in [1.807, 2.05) is 0 Å². The van der Waals surface area contributed by atoms with Crippen LogP contribution in [0.3, 0.4) is 0 Å². The maximum atomic E-state index is 5.45. The van der Waals surface area contributed by atoms with Crippen LogP contribution in [0, 0.1) is 0 Å². The van der Waals surface area contributed by atoms with Crippen molar-refractivity contribution in [1.29, 1.82) is 0 Å². The molecule has 72 valence electrons. The van der Waals surface area contributed by atoms with E-state index in [2.05, 4.69) is 27.1 Å². The lowest BCUT2D eigenvalue weighted by molar-refractivity contribution is 0.251. The van der Waals surface area contributed by atoms with Crippen LogP contribution in [-0.4, -0.2) is 40.2 Å². The van der Waals surface area contributed by atoms with Crippen molar-refractivity contribution in [2.24, 2.45) is 0 Å². The normalized spacial score (nSPS) is 20.7. The van der Waals surface area contributed by atoms with E-state index >= 15 is 0 Å². The third-order valence-electron chi connectivity index (χ3n) is 2.63. The second-order valence-electron chi connectivity index (χ2n) is 3.66. The molecule has 0 atom stereocenters. The van der Waals surface area contributed by atoms with Gasteiger partial charge in [0.25, 0.3) is 0 Å². The molecule has 1 saturated heterocycles. The second-order valence-corrected chi connectivity index (χ2v) is 3.66. The predicted octanol–water partition coefficient (Wildman–Crippen LogP) is 0.196. The standard InChI is InChI=1S/C8H15N5/c1-13-4-2-6(3-5-13)7-10-8(9)12-11-7/h6H,2-5H2,1H3,(H3,9,10,11,12). The molecule has 0 radical (unpaired) electrons. The van der Waals surface area contributed by atoms with Gasteiger partial charge in [-0.15, -0.1) is 5.10 Å². The Hall–Kier alpha value is -1.10. The highest BCUT2D eigenvalue weighted by Gasteiger charge is 2.20. The van der Waals surface area contributed by atoms with E-state index in [-0.39, 0.29) is 0 Å². The van der Waals surface area contributed by atoms with E-state index in [4.69, 9.17) is 5.73 Å². The van der Waals surface area contributed by atoms with Gasteiger partial charge in [-0.05, 0) is 33.0 Å². The Labute approximate surface area is 77.3 Å². The molecule has 1 aliphatic heterocycles. The van der Waals surface area contributed by atoms with Crippen LogP contribution >= 0.6 is 0 Å². The van der Waals surface area contributed by atoms with Crippen molar-refractivity contribution in [3.63, 3.8) is 0 Å². The molecule has 1 aromatic heterocycles. The van der Waals surface area contributed by atoms with E-state index in [0.717, 1.165) is 31.8 Å². The first-order valence-electron chi connectivity index (χ1n) is 4.62. The highest BCUT2D eigenvalue weighted by Crippen LogP contribution is 2.24. The van der Waals surface area contributed by atoms with Crippen LogP contribution in [-0.2, 0) is 0 Å². The highest BCUT2D eigenvalue weighted by atomic mass is 15.3. The van der Waals surface area contributed by atoms with Crippen molar-refractivity contribution in [2.45, 2.75) is 18.8 Å². The summed E-state index contributed by atoms with van der Waals surface area (Å²) in [6.07, 6.45) is 2.29. The van der Waals surface area contributed by atoms with Crippen LogP contribution in [0.15, 0.2) is 0 Å². The minimum Gasteiger partial charge on any atom is -0.367 e. The van der Waals surface area contributed by atoms with E-state index < -0.39 is 0 Å². The Bertz CT molecular complexity index is 274. The molecule has 0 amide bonds. The number of aromatic amines is 1. The van der Waals surface area contributed by atoms with Crippen molar-refractivity contribution >= 4 is 5.95 Å². The highest BCUT2D eigenvalue weighted by molar-refractivity contribution is 5.14. The molecule has 5 nitrogen and oxygen atoms in total. The van der Waals surface area contributed by atoms with Gasteiger partial charge in [-0.25, -0.2) is 0 Å². The van der Waals surface area contributed by atoms with Gasteiger partial charge < -0.3 is 10.6 Å². The number of hydrogen-bond donors (Lipinski definition) is 2. The van der Waals surface area contributed by atoms with Gasteiger partial charge in [0.1, 0.15) is 5.82 Å². The summed E-state index contributed by atoms with van der Waals surface area (Å²) in [7, 11) is 2.14. The molecule has 0 saturated carbocycles. The number of nitrogen functional groups attached to an aromatic ring is 1. The van der Waals surface area contributed by atoms with Crippen molar-refractivity contribution in [3.8, 4) is 0 Å². The van der Waals surface area contributed by atoms with Gasteiger partial charge in [0, 0.05) is 5.92 Å². The number of anilines is 1. The summed E-state index contributed by atoms with van der Waals surface area (Å²) in [6.45, 7) is 2.26. The third-order valence-corrected chi connectivity index (χ3v) is 2.63. The summed E-state index contributed by atoms with van der Waals surface area (Å²) in [5, 5.41) is 6.72. The van der Waals surface area contributed by atoms with Gasteiger partial charge >= 0.3 is 0 Å². The van der Waals surface area contributed by atoms with Crippen LogP contribution in [0.5, 0.6) is 0 Å². The first-order valence-corrected chi connectivity index (χ1v) is 4.62. The molecule has 0 aromatic carbocycles. The molecule has 13 heavy (non-hydrogen) atoms. The lowest BCUT2D eigenvalue weighted by Gasteiger charge is -2.27. The van der Waals surface area contributed by atoms with Crippen LogP contribution in [0.4, 0.5) is 5.95 Å². The van der Waals surface area contributed by atoms with Crippen LogP contribution in [0.2, 0.25) is 0 Å². The molecule has 3 N–H and O–H groups in total. The van der Waals surface area contributed by atoms with Crippen LogP contribution in [0.1, 0.15) is 24.6 Å². The summed E-state index contributed by atoms with van der Waals surface area (Å²) in [6, 6.07) is 0. The van der Waals surface area contributed by atoms with Gasteiger partial charge in [-0.2, -0.15) is 4.98 Å². The van der Waals surface area contributed by atoms with Gasteiger partial charge in [0.15, 0.2) is 0 Å². The lowest BCUT2D eigenvalue weighted by atomic mass is 9.97. The summed E-state index contributed by atoms with van der Waals surface area (Å²) in [5.41, 5.74) is 5.45. The van der Waals surface area contributed by atoms with Crippen molar-refractivity contribution in [3.05, 3.63) is 5.82 Å². The number of nitrogens with one attached hydrogen (secondary N) is 1. The predicted molar refractivity (Wildman–Crippen MR) is 50.3 cm³/mol. The minimum atomic E-state index is 0.355. The quantitative estimate of drug-likeness (QED) is 0.649. The molecule has 0 spiro atoms. The molecule has 5 heteroatoms. The van der Waals surface area contributed by atoms with Crippen molar-refractivity contribution in [1.82, 2.24) is 20.1 Å². The maximum Gasteiger partial charge on any atom is 0.239 e. The zero-order chi connectivity index (χ0) is 9.26. The van der Waals surface area contributed by atoms with Crippen LogP contribution in [0.25, 0.3) is 0 Å². The third kappa shape index (κ3) is 1.80. The lowest BCUT2D eigenvalue weighted by Crippen LogP contribution is -2.29. The van der Waals surface area contributed by atoms with E-state index in [0.29, 0.717) is 11.9 Å². The smallest absolute Gasteiger partial charge is 0.239 e. The molecular formula is C8H15N5. The number of likely N-dealkylation sites (tertiary alicyclic amines) is 1. The van der Waals surface area contributed by atoms with E-state index in [9.17, 15) is 0 Å². The molecule has 1 fully saturated rings. The fourth-order valence-corrected chi connectivity index (χ4v) is 1.75. The van der Waals surface area contributed by atoms with Gasteiger partial charge in [-0.3, -0.25) is 5.10 Å². The number of piperidine rings is 1. The van der Waals surface area contributed by atoms with E-state index in [1.165, 1.54) is 0 Å². The number of H-pyrrole nitrogens is 1. The maximum absolute atomic E-state index is 5.45. The average molecular weight is 181 g/mol. The van der Waals surface area contributed by atoms with Gasteiger partial charge in [0.05, 0.1) is 0 Å². The minimum absolute atomic E-state index is 0.355. The second kappa shape index (κ2) is 3.33. The topological polar surface area (TPSA) is 70.8 Å². The van der Waals surface area contributed by atoms with E-state index in [1.54, 1.807) is 0 Å². The largest absolute Gasteiger partial charge is 0.367 e. The first kappa shape index (κ1) is 8.50. The van der Waals surface area contributed by atoms with Crippen molar-refractivity contribution < 1.29 is 0 Å². The molecule has 1 aromatic rings. The van der Waals surface area contributed by atoms with Crippen molar-refractivity contribution in [2.75, 3.05) is 25.9 Å². The molecular weight excluding hydrogens is 166 g/mol. The Morgan fingerprint density at radius 3 is 2.69 bits per heavy atom. The zero-order valence-corrected chi connectivity index (χ0v) is 7.82. The Kier molecular flexibility index (Phi) is 2.18. The fraction of sp³-hybridized carbons (Fsp3) is 0.750. The molecule has 0 bridgehead atoms. The zero-order valence-electron chi connectivity index (χ0n) is 7.82. The van der Waals surface area contributed by atoms with Crippen LogP contribution < -0.4 is 5.73 Å². The summed E-state index contributed by atoms with van der Waals surface area (Å²) in [4.78, 5) is 6.48. The Balaban J connectivity index is 2.02. The summed E-state index contributed by atoms with van der Waals surface area (Å²) < 4.78 is 0. The summed E-state index contributed by atoms with van der Waals surface area (Å²) >= 11 is 0. The molecule has 2 rings (SSSR count). The summed E-state index contributed by atoms with van der Waals surface area (Å²) in [5.74, 6) is 1.82. The monoisotopic (exact) mass is 181 g/mol. The number of aromatic nitrogens is 3.